The van der Waals surface area contributed by atoms with Crippen LogP contribution in [0.3, 0.4) is 0 Å². The average molecular weight is 305 g/mol. The van der Waals surface area contributed by atoms with Crippen molar-refractivity contribution in [3.8, 4) is 0 Å². The summed E-state index contributed by atoms with van der Waals surface area (Å²) in [7, 11) is 0. The van der Waals surface area contributed by atoms with Crippen LogP contribution in [0.5, 0.6) is 0 Å². The van der Waals surface area contributed by atoms with Crippen molar-refractivity contribution < 1.29 is 9.13 Å². The van der Waals surface area contributed by atoms with E-state index in [9.17, 15) is 4.39 Å². The standard InChI is InChI=1S/C17H24FN3O/c1-4-10-20-17(19-5-2)21-11-13(3)22-16(12-21)14-6-8-15(18)9-7-14/h4,6-9,13,16H,1,5,10-12H2,2-3H3,(H,19,20). The Balaban J connectivity index is 2.15. The zero-order valence-corrected chi connectivity index (χ0v) is 13.3. The van der Waals surface area contributed by atoms with Gasteiger partial charge in [0, 0.05) is 13.1 Å². The quantitative estimate of drug-likeness (QED) is 0.528. The summed E-state index contributed by atoms with van der Waals surface area (Å²) < 4.78 is 19.1. The number of hydrogen-bond donors (Lipinski definition) is 1. The number of nitrogens with zero attached hydrogens (tertiary/aromatic N) is 2. The Hall–Kier alpha value is -1.88. The third kappa shape index (κ3) is 4.31. The Morgan fingerprint density at radius 3 is 2.82 bits per heavy atom. The van der Waals surface area contributed by atoms with Crippen molar-refractivity contribution >= 4 is 5.96 Å². The number of ether oxygens (including phenoxy) is 1. The van der Waals surface area contributed by atoms with E-state index < -0.39 is 0 Å². The van der Waals surface area contributed by atoms with Crippen LogP contribution in [0.2, 0.25) is 0 Å². The molecular formula is C17H24FN3O. The van der Waals surface area contributed by atoms with Crippen molar-refractivity contribution in [2.45, 2.75) is 26.1 Å². The van der Waals surface area contributed by atoms with Gasteiger partial charge in [-0.3, -0.25) is 0 Å². The number of aliphatic imine (C=N–C) groups is 1. The molecule has 5 heteroatoms. The highest BCUT2D eigenvalue weighted by molar-refractivity contribution is 5.80. The zero-order valence-electron chi connectivity index (χ0n) is 13.3. The molecule has 1 N–H and O–H groups in total. The predicted molar refractivity (Wildman–Crippen MR) is 87.4 cm³/mol. The number of morpholine rings is 1. The fourth-order valence-corrected chi connectivity index (χ4v) is 2.56. The highest BCUT2D eigenvalue weighted by Gasteiger charge is 2.28. The second-order valence-electron chi connectivity index (χ2n) is 5.38. The van der Waals surface area contributed by atoms with Crippen LogP contribution in [0.25, 0.3) is 0 Å². The topological polar surface area (TPSA) is 36.9 Å². The van der Waals surface area contributed by atoms with Crippen molar-refractivity contribution in [2.24, 2.45) is 4.99 Å². The third-order valence-electron chi connectivity index (χ3n) is 3.51. The lowest BCUT2D eigenvalue weighted by Gasteiger charge is -2.38. The first-order chi connectivity index (χ1) is 10.6. The molecule has 1 saturated heterocycles. The molecule has 1 fully saturated rings. The molecule has 0 radical (unpaired) electrons. The molecule has 2 unspecified atom stereocenters. The average Bonchev–Trinajstić information content (AvgIpc) is 2.51. The minimum atomic E-state index is -0.231. The highest BCUT2D eigenvalue weighted by Crippen LogP contribution is 2.25. The summed E-state index contributed by atoms with van der Waals surface area (Å²) in [5.74, 6) is 0.634. The molecule has 1 aromatic carbocycles. The SMILES string of the molecule is C=CCN=C(NCC)N1CC(C)OC(c2ccc(F)cc2)C1. The summed E-state index contributed by atoms with van der Waals surface area (Å²) in [6.07, 6.45) is 1.77. The number of halogens is 1. The van der Waals surface area contributed by atoms with Crippen molar-refractivity contribution in [3.05, 3.63) is 48.3 Å². The second-order valence-corrected chi connectivity index (χ2v) is 5.38. The molecule has 0 amide bonds. The van der Waals surface area contributed by atoms with Crippen LogP contribution < -0.4 is 5.32 Å². The lowest BCUT2D eigenvalue weighted by Crippen LogP contribution is -2.50. The number of guanidine groups is 1. The van der Waals surface area contributed by atoms with Gasteiger partial charge in [0.05, 0.1) is 19.2 Å². The van der Waals surface area contributed by atoms with Crippen LogP contribution in [0.15, 0.2) is 41.9 Å². The van der Waals surface area contributed by atoms with Crippen LogP contribution >= 0.6 is 0 Å². The van der Waals surface area contributed by atoms with E-state index in [1.807, 2.05) is 13.8 Å². The summed E-state index contributed by atoms with van der Waals surface area (Å²) in [4.78, 5) is 6.72. The smallest absolute Gasteiger partial charge is 0.194 e. The molecule has 1 aromatic rings. The summed E-state index contributed by atoms with van der Waals surface area (Å²) in [6, 6.07) is 6.51. The molecule has 4 nitrogen and oxygen atoms in total. The predicted octanol–water partition coefficient (Wildman–Crippen LogP) is 2.74. The Morgan fingerprint density at radius 1 is 1.45 bits per heavy atom. The van der Waals surface area contributed by atoms with Crippen LogP contribution in [-0.4, -0.2) is 43.1 Å². The van der Waals surface area contributed by atoms with Gasteiger partial charge in [-0.2, -0.15) is 0 Å². The van der Waals surface area contributed by atoms with E-state index in [-0.39, 0.29) is 18.0 Å². The van der Waals surface area contributed by atoms with Gasteiger partial charge in [0.15, 0.2) is 5.96 Å². The maximum Gasteiger partial charge on any atom is 0.194 e. The minimum Gasteiger partial charge on any atom is -0.367 e. The van der Waals surface area contributed by atoms with Gasteiger partial charge >= 0.3 is 0 Å². The first-order valence-corrected chi connectivity index (χ1v) is 7.69. The van der Waals surface area contributed by atoms with Crippen LogP contribution in [0.1, 0.15) is 25.5 Å². The summed E-state index contributed by atoms with van der Waals surface area (Å²) in [6.45, 7) is 10.7. The van der Waals surface area contributed by atoms with E-state index in [0.29, 0.717) is 13.1 Å². The second kappa shape index (κ2) is 7.94. The monoisotopic (exact) mass is 305 g/mol. The summed E-state index contributed by atoms with van der Waals surface area (Å²) in [5.41, 5.74) is 0.984. The number of nitrogens with one attached hydrogen (secondary N) is 1. The molecule has 1 aliphatic rings. The first kappa shape index (κ1) is 16.5. The lowest BCUT2D eigenvalue weighted by molar-refractivity contribution is -0.0605. The highest BCUT2D eigenvalue weighted by atomic mass is 19.1. The Labute approximate surface area is 131 Å². The third-order valence-corrected chi connectivity index (χ3v) is 3.51. The van der Waals surface area contributed by atoms with Crippen molar-refractivity contribution in [2.75, 3.05) is 26.2 Å². The van der Waals surface area contributed by atoms with Gasteiger partial charge in [-0.25, -0.2) is 9.38 Å². The van der Waals surface area contributed by atoms with Gasteiger partial charge < -0.3 is 15.0 Å². The minimum absolute atomic E-state index is 0.0800. The Kier molecular flexibility index (Phi) is 5.95. The molecule has 0 aromatic heterocycles. The number of benzene rings is 1. The number of hydrogen-bond acceptors (Lipinski definition) is 2. The molecule has 2 atom stereocenters. The molecule has 1 aliphatic heterocycles. The zero-order chi connectivity index (χ0) is 15.9. The maximum atomic E-state index is 13.1. The van der Waals surface area contributed by atoms with Crippen LogP contribution in [-0.2, 0) is 4.74 Å². The van der Waals surface area contributed by atoms with Crippen LogP contribution in [0.4, 0.5) is 4.39 Å². The van der Waals surface area contributed by atoms with E-state index >= 15 is 0 Å². The Morgan fingerprint density at radius 2 is 2.18 bits per heavy atom. The van der Waals surface area contributed by atoms with E-state index in [4.69, 9.17) is 4.74 Å². The van der Waals surface area contributed by atoms with E-state index in [0.717, 1.165) is 24.6 Å². The molecule has 0 saturated carbocycles. The fourth-order valence-electron chi connectivity index (χ4n) is 2.56. The van der Waals surface area contributed by atoms with Gasteiger partial charge in [0.25, 0.3) is 0 Å². The molecular weight excluding hydrogens is 281 g/mol. The largest absolute Gasteiger partial charge is 0.367 e. The lowest BCUT2D eigenvalue weighted by atomic mass is 10.1. The van der Waals surface area contributed by atoms with Gasteiger partial charge in [-0.1, -0.05) is 18.2 Å². The van der Waals surface area contributed by atoms with E-state index in [1.54, 1.807) is 18.2 Å². The molecule has 2 rings (SSSR count). The fraction of sp³-hybridized carbons (Fsp3) is 0.471. The van der Waals surface area contributed by atoms with Gasteiger partial charge in [-0.15, -0.1) is 6.58 Å². The summed E-state index contributed by atoms with van der Waals surface area (Å²) in [5, 5.41) is 3.30. The van der Waals surface area contributed by atoms with Crippen molar-refractivity contribution in [1.82, 2.24) is 10.2 Å². The van der Waals surface area contributed by atoms with Crippen LogP contribution in [0, 0.1) is 5.82 Å². The summed E-state index contributed by atoms with van der Waals surface area (Å²) >= 11 is 0. The van der Waals surface area contributed by atoms with E-state index in [2.05, 4.69) is 21.8 Å². The molecule has 1 heterocycles. The molecule has 22 heavy (non-hydrogen) atoms. The van der Waals surface area contributed by atoms with Crippen molar-refractivity contribution in [1.29, 1.82) is 0 Å². The van der Waals surface area contributed by atoms with E-state index in [1.165, 1.54) is 12.1 Å². The normalized spacial score (nSPS) is 22.5. The molecule has 0 aliphatic carbocycles. The maximum absolute atomic E-state index is 13.1. The van der Waals surface area contributed by atoms with Crippen molar-refractivity contribution in [3.63, 3.8) is 0 Å². The first-order valence-electron chi connectivity index (χ1n) is 7.69. The molecule has 0 bridgehead atoms. The molecule has 0 spiro atoms. The Bertz CT molecular complexity index is 515. The number of rotatable bonds is 4. The van der Waals surface area contributed by atoms with Gasteiger partial charge in [-0.05, 0) is 31.5 Å². The van der Waals surface area contributed by atoms with Gasteiger partial charge in [0.2, 0.25) is 0 Å². The van der Waals surface area contributed by atoms with Gasteiger partial charge in [0.1, 0.15) is 11.9 Å². The molecule has 120 valence electrons.